The number of allylic oxidation sites excluding steroid dienone is 1. The summed E-state index contributed by atoms with van der Waals surface area (Å²) in [6.45, 7) is 3.96. The Kier molecular flexibility index (Phi) is 5.02. The SMILES string of the molecule is COc1ccc([C@H]2C3=C(CC(C)(C)CC3=O)Nc3ccccc3N2CC(=O)O)cc1. The summed E-state index contributed by atoms with van der Waals surface area (Å²) in [5.74, 6) is -0.185. The molecule has 2 aromatic rings. The summed E-state index contributed by atoms with van der Waals surface area (Å²) in [5, 5.41) is 13.2. The summed E-state index contributed by atoms with van der Waals surface area (Å²) < 4.78 is 5.28. The number of carboxylic acid groups (broad SMARTS) is 1. The first-order valence-electron chi connectivity index (χ1n) is 10.0. The van der Waals surface area contributed by atoms with Crippen LogP contribution in [0.25, 0.3) is 0 Å². The molecule has 0 bridgehead atoms. The molecule has 156 valence electrons. The summed E-state index contributed by atoms with van der Waals surface area (Å²) in [6.07, 6.45) is 1.15. The molecule has 6 nitrogen and oxygen atoms in total. The molecule has 0 saturated heterocycles. The van der Waals surface area contributed by atoms with E-state index in [1.54, 1.807) is 7.11 Å². The van der Waals surface area contributed by atoms with Crippen LogP contribution in [0.4, 0.5) is 11.4 Å². The van der Waals surface area contributed by atoms with E-state index in [1.165, 1.54) is 0 Å². The number of carbonyl (C=O) groups is 2. The Morgan fingerprint density at radius 2 is 1.87 bits per heavy atom. The molecule has 1 aliphatic heterocycles. The third kappa shape index (κ3) is 3.65. The second kappa shape index (κ2) is 7.52. The molecule has 4 rings (SSSR count). The van der Waals surface area contributed by atoms with Crippen LogP contribution in [0.2, 0.25) is 0 Å². The number of benzene rings is 2. The largest absolute Gasteiger partial charge is 0.497 e. The number of methoxy groups -OCH3 is 1. The molecule has 2 N–H and O–H groups in total. The first-order chi connectivity index (χ1) is 14.3. The molecule has 1 heterocycles. The average Bonchev–Trinajstić information content (AvgIpc) is 2.81. The lowest BCUT2D eigenvalue weighted by Crippen LogP contribution is -2.38. The molecule has 0 saturated carbocycles. The van der Waals surface area contributed by atoms with Crippen molar-refractivity contribution in [1.29, 1.82) is 0 Å². The Balaban J connectivity index is 1.96. The van der Waals surface area contributed by atoms with Crippen LogP contribution < -0.4 is 15.0 Å². The van der Waals surface area contributed by atoms with Crippen molar-refractivity contribution in [3.63, 3.8) is 0 Å². The van der Waals surface area contributed by atoms with E-state index in [-0.39, 0.29) is 17.7 Å². The minimum Gasteiger partial charge on any atom is -0.497 e. The van der Waals surface area contributed by atoms with Gasteiger partial charge in [-0.25, -0.2) is 0 Å². The van der Waals surface area contributed by atoms with Gasteiger partial charge < -0.3 is 20.1 Å². The van der Waals surface area contributed by atoms with Crippen LogP contribution in [-0.4, -0.2) is 30.5 Å². The van der Waals surface area contributed by atoms with E-state index in [2.05, 4.69) is 19.2 Å². The molecule has 0 amide bonds. The molecule has 0 radical (unpaired) electrons. The quantitative estimate of drug-likeness (QED) is 0.784. The van der Waals surface area contributed by atoms with Crippen LogP contribution in [0.3, 0.4) is 0 Å². The Morgan fingerprint density at radius 3 is 2.53 bits per heavy atom. The summed E-state index contributed by atoms with van der Waals surface area (Å²) in [7, 11) is 1.60. The number of hydrogen-bond acceptors (Lipinski definition) is 5. The highest BCUT2D eigenvalue weighted by molar-refractivity contribution is 6.01. The van der Waals surface area contributed by atoms with Gasteiger partial charge in [-0.05, 0) is 41.7 Å². The Bertz CT molecular complexity index is 1020. The average molecular weight is 406 g/mol. The minimum absolute atomic E-state index is 0.0535. The zero-order valence-corrected chi connectivity index (χ0v) is 17.4. The summed E-state index contributed by atoms with van der Waals surface area (Å²) >= 11 is 0. The highest BCUT2D eigenvalue weighted by Crippen LogP contribution is 2.48. The second-order valence-corrected chi connectivity index (χ2v) is 8.67. The van der Waals surface area contributed by atoms with E-state index in [9.17, 15) is 14.7 Å². The van der Waals surface area contributed by atoms with Gasteiger partial charge in [0.05, 0.1) is 24.5 Å². The Morgan fingerprint density at radius 1 is 1.17 bits per heavy atom. The fraction of sp³-hybridized carbons (Fsp3) is 0.333. The van der Waals surface area contributed by atoms with Gasteiger partial charge in [0.25, 0.3) is 0 Å². The Hall–Kier alpha value is -3.28. The Labute approximate surface area is 176 Å². The van der Waals surface area contributed by atoms with E-state index in [0.29, 0.717) is 17.7 Å². The number of carboxylic acids is 1. The molecule has 2 aromatic carbocycles. The lowest BCUT2D eigenvalue weighted by Gasteiger charge is -2.37. The molecule has 0 aromatic heterocycles. The normalized spacial score (nSPS) is 20.0. The van der Waals surface area contributed by atoms with E-state index in [1.807, 2.05) is 53.4 Å². The van der Waals surface area contributed by atoms with Crippen molar-refractivity contribution in [2.24, 2.45) is 5.41 Å². The molecular weight excluding hydrogens is 380 g/mol. The molecule has 1 aliphatic carbocycles. The van der Waals surface area contributed by atoms with Gasteiger partial charge in [-0.15, -0.1) is 0 Å². The van der Waals surface area contributed by atoms with E-state index < -0.39 is 12.0 Å². The number of para-hydroxylation sites is 2. The van der Waals surface area contributed by atoms with Gasteiger partial charge in [0.2, 0.25) is 0 Å². The molecule has 1 atom stereocenters. The number of ether oxygens (including phenoxy) is 1. The van der Waals surface area contributed by atoms with Crippen LogP contribution >= 0.6 is 0 Å². The van der Waals surface area contributed by atoms with Crippen LogP contribution in [0.1, 0.15) is 38.3 Å². The first-order valence-corrected chi connectivity index (χ1v) is 10.0. The zero-order chi connectivity index (χ0) is 21.5. The maximum Gasteiger partial charge on any atom is 0.323 e. The number of Topliss-reactive ketones (excluding diaryl/α,β-unsaturated/α-hetero) is 1. The van der Waals surface area contributed by atoms with Crippen LogP contribution in [0.5, 0.6) is 5.75 Å². The molecule has 0 fully saturated rings. The number of fused-ring (bicyclic) bond motifs is 1. The topological polar surface area (TPSA) is 78.9 Å². The summed E-state index contributed by atoms with van der Waals surface area (Å²) in [4.78, 5) is 27.0. The molecule has 0 spiro atoms. The highest BCUT2D eigenvalue weighted by Gasteiger charge is 2.41. The number of nitrogens with one attached hydrogen (secondary N) is 1. The highest BCUT2D eigenvalue weighted by atomic mass is 16.5. The van der Waals surface area contributed by atoms with Gasteiger partial charge in [0.1, 0.15) is 12.3 Å². The molecule has 30 heavy (non-hydrogen) atoms. The van der Waals surface area contributed by atoms with Crippen molar-refractivity contribution in [2.45, 2.75) is 32.7 Å². The lowest BCUT2D eigenvalue weighted by molar-refractivity contribution is -0.135. The summed E-state index contributed by atoms with van der Waals surface area (Å²) in [5.41, 5.74) is 3.79. The number of ketones is 1. The van der Waals surface area contributed by atoms with Crippen LogP contribution in [-0.2, 0) is 9.59 Å². The fourth-order valence-electron chi connectivity index (χ4n) is 4.51. The van der Waals surface area contributed by atoms with Crippen molar-refractivity contribution < 1.29 is 19.4 Å². The first kappa shape index (κ1) is 20.0. The number of hydrogen-bond donors (Lipinski definition) is 2. The standard InChI is InChI=1S/C24H26N2O4/c1-24(2)12-18-22(20(27)13-24)23(15-8-10-16(30-3)11-9-15)26(14-21(28)29)19-7-5-4-6-17(19)25-18/h4-11,23,25H,12-14H2,1-3H3,(H,28,29)/t23-/m0/s1. The maximum atomic E-state index is 13.4. The van der Waals surface area contributed by atoms with Crippen LogP contribution in [0, 0.1) is 5.41 Å². The van der Waals surface area contributed by atoms with Gasteiger partial charge in [0.15, 0.2) is 5.78 Å². The lowest BCUT2D eigenvalue weighted by atomic mass is 9.73. The summed E-state index contributed by atoms with van der Waals surface area (Å²) in [6, 6.07) is 14.6. The van der Waals surface area contributed by atoms with Crippen molar-refractivity contribution in [2.75, 3.05) is 23.9 Å². The fourth-order valence-corrected chi connectivity index (χ4v) is 4.51. The third-order valence-corrected chi connectivity index (χ3v) is 5.74. The minimum atomic E-state index is -0.948. The number of aliphatic carboxylic acids is 1. The monoisotopic (exact) mass is 406 g/mol. The molecule has 0 unspecified atom stereocenters. The second-order valence-electron chi connectivity index (χ2n) is 8.67. The van der Waals surface area contributed by atoms with Crippen molar-refractivity contribution in [3.05, 3.63) is 65.4 Å². The van der Waals surface area contributed by atoms with E-state index >= 15 is 0 Å². The van der Waals surface area contributed by atoms with Gasteiger partial charge in [-0.1, -0.05) is 38.1 Å². The number of anilines is 2. The molecule has 6 heteroatoms. The predicted octanol–water partition coefficient (Wildman–Crippen LogP) is 4.40. The van der Waals surface area contributed by atoms with Crippen molar-refractivity contribution in [1.82, 2.24) is 0 Å². The van der Waals surface area contributed by atoms with Crippen LogP contribution in [0.15, 0.2) is 59.8 Å². The predicted molar refractivity (Wildman–Crippen MR) is 116 cm³/mol. The molecular formula is C24H26N2O4. The van der Waals surface area contributed by atoms with Crippen molar-refractivity contribution >= 4 is 23.1 Å². The third-order valence-electron chi connectivity index (χ3n) is 5.74. The number of carbonyl (C=O) groups excluding carboxylic acids is 1. The molecule has 2 aliphatic rings. The van der Waals surface area contributed by atoms with Gasteiger partial charge >= 0.3 is 5.97 Å². The van der Waals surface area contributed by atoms with E-state index in [4.69, 9.17) is 4.74 Å². The number of nitrogens with zero attached hydrogens (tertiary/aromatic N) is 1. The van der Waals surface area contributed by atoms with Crippen molar-refractivity contribution in [3.8, 4) is 5.75 Å². The maximum absolute atomic E-state index is 13.4. The number of rotatable bonds is 4. The van der Waals surface area contributed by atoms with Gasteiger partial charge in [-0.2, -0.15) is 0 Å². The van der Waals surface area contributed by atoms with Gasteiger partial charge in [0, 0.05) is 17.7 Å². The van der Waals surface area contributed by atoms with Gasteiger partial charge in [-0.3, -0.25) is 9.59 Å². The van der Waals surface area contributed by atoms with E-state index in [0.717, 1.165) is 29.1 Å². The smallest absolute Gasteiger partial charge is 0.323 e. The zero-order valence-electron chi connectivity index (χ0n) is 17.4.